The maximum Gasteiger partial charge on any atom is 0.118 e. The van der Waals surface area contributed by atoms with Gasteiger partial charge in [-0.2, -0.15) is 0 Å². The van der Waals surface area contributed by atoms with Crippen molar-refractivity contribution in [2.24, 2.45) is 0 Å². The van der Waals surface area contributed by atoms with Crippen LogP contribution in [0.25, 0.3) is 5.03 Å². The van der Waals surface area contributed by atoms with E-state index >= 15 is 0 Å². The van der Waals surface area contributed by atoms with Crippen molar-refractivity contribution in [3.05, 3.63) is 107 Å². The Bertz CT molecular complexity index is 959. The summed E-state index contributed by atoms with van der Waals surface area (Å²) in [5.41, 5.74) is 6.24. The minimum Gasteiger partial charge on any atom is -0.497 e. The van der Waals surface area contributed by atoms with Crippen molar-refractivity contribution in [3.8, 4) is 5.75 Å². The molecule has 0 radical (unpaired) electrons. The summed E-state index contributed by atoms with van der Waals surface area (Å²) in [6.07, 6.45) is 2.17. The molecule has 156 valence electrons. The Hall–Kier alpha value is -2.51. The molecule has 1 atom stereocenters. The highest BCUT2D eigenvalue weighted by atomic mass is 35.5. The zero-order chi connectivity index (χ0) is 21.7. The molecule has 0 saturated heterocycles. The van der Waals surface area contributed by atoms with Gasteiger partial charge < -0.3 is 4.74 Å². The third kappa shape index (κ3) is 5.34. The van der Waals surface area contributed by atoms with Gasteiger partial charge >= 0.3 is 0 Å². The molecule has 0 aromatic heterocycles. The predicted octanol–water partition coefficient (Wildman–Crippen LogP) is 8.35. The molecular weight excluding hydrogens is 388 g/mol. The molecule has 3 aromatic rings. The molecule has 3 aromatic carbocycles. The van der Waals surface area contributed by atoms with Gasteiger partial charge in [-0.05, 0) is 63.9 Å². The molecule has 0 heterocycles. The van der Waals surface area contributed by atoms with Crippen molar-refractivity contribution in [3.63, 3.8) is 0 Å². The SMILES string of the molecule is COc1ccc(C(Cl)=CC(c2ccccc2)c2cc(C(C)C)cc(C(C)C)c2)cc1. The van der Waals surface area contributed by atoms with E-state index in [2.05, 4.69) is 82.3 Å². The van der Waals surface area contributed by atoms with Crippen molar-refractivity contribution in [1.29, 1.82) is 0 Å². The van der Waals surface area contributed by atoms with Crippen molar-refractivity contribution < 1.29 is 4.74 Å². The van der Waals surface area contributed by atoms with Crippen LogP contribution in [0.15, 0.2) is 78.9 Å². The van der Waals surface area contributed by atoms with E-state index in [1.54, 1.807) is 7.11 Å². The summed E-state index contributed by atoms with van der Waals surface area (Å²) in [7, 11) is 1.67. The number of hydrogen-bond acceptors (Lipinski definition) is 1. The van der Waals surface area contributed by atoms with Gasteiger partial charge in [0.1, 0.15) is 5.75 Å². The van der Waals surface area contributed by atoms with E-state index in [0.29, 0.717) is 11.8 Å². The highest BCUT2D eigenvalue weighted by Gasteiger charge is 2.17. The fourth-order valence-corrected chi connectivity index (χ4v) is 3.84. The first-order valence-electron chi connectivity index (χ1n) is 10.6. The zero-order valence-electron chi connectivity index (χ0n) is 18.5. The Morgan fingerprint density at radius 3 is 1.77 bits per heavy atom. The Balaban J connectivity index is 2.12. The fraction of sp³-hybridized carbons (Fsp3) is 0.286. The van der Waals surface area contributed by atoms with Gasteiger partial charge in [0.25, 0.3) is 0 Å². The molecule has 0 amide bonds. The molecule has 3 rings (SSSR count). The molecule has 0 bridgehead atoms. The lowest BCUT2D eigenvalue weighted by molar-refractivity contribution is 0.415. The summed E-state index contributed by atoms with van der Waals surface area (Å²) in [5.74, 6) is 1.85. The maximum atomic E-state index is 6.82. The molecule has 30 heavy (non-hydrogen) atoms. The lowest BCUT2D eigenvalue weighted by Crippen LogP contribution is -2.03. The normalized spacial score (nSPS) is 13.0. The molecule has 1 nitrogen and oxygen atoms in total. The topological polar surface area (TPSA) is 9.23 Å². The summed E-state index contributed by atoms with van der Waals surface area (Å²) in [6, 6.07) is 25.5. The minimum atomic E-state index is 0.0806. The zero-order valence-corrected chi connectivity index (χ0v) is 19.3. The van der Waals surface area contributed by atoms with E-state index in [9.17, 15) is 0 Å². The molecule has 0 aliphatic heterocycles. The highest BCUT2D eigenvalue weighted by molar-refractivity contribution is 6.48. The van der Waals surface area contributed by atoms with Gasteiger partial charge in [0.15, 0.2) is 0 Å². The molecular formula is C28H31ClO. The van der Waals surface area contributed by atoms with Crippen LogP contribution in [0.2, 0.25) is 0 Å². The number of hydrogen-bond donors (Lipinski definition) is 0. The number of rotatable bonds is 7. The summed E-state index contributed by atoms with van der Waals surface area (Å²) >= 11 is 6.82. The van der Waals surface area contributed by atoms with E-state index in [0.717, 1.165) is 16.3 Å². The molecule has 0 saturated carbocycles. The smallest absolute Gasteiger partial charge is 0.118 e. The van der Waals surface area contributed by atoms with Crippen molar-refractivity contribution in [2.75, 3.05) is 7.11 Å². The molecule has 0 spiro atoms. The molecule has 1 unspecified atom stereocenters. The lowest BCUT2D eigenvalue weighted by atomic mass is 9.85. The van der Waals surface area contributed by atoms with Crippen molar-refractivity contribution in [1.82, 2.24) is 0 Å². The number of allylic oxidation sites excluding steroid dienone is 1. The third-order valence-electron chi connectivity index (χ3n) is 5.53. The quantitative estimate of drug-likeness (QED) is 0.374. The first-order chi connectivity index (χ1) is 14.4. The van der Waals surface area contributed by atoms with Crippen LogP contribution >= 0.6 is 11.6 Å². The van der Waals surface area contributed by atoms with Gasteiger partial charge in [0, 0.05) is 11.0 Å². The predicted molar refractivity (Wildman–Crippen MR) is 130 cm³/mol. The lowest BCUT2D eigenvalue weighted by Gasteiger charge is -2.20. The van der Waals surface area contributed by atoms with Gasteiger partial charge in [0.2, 0.25) is 0 Å². The van der Waals surface area contributed by atoms with Crippen LogP contribution in [-0.2, 0) is 0 Å². The standard InChI is InChI=1S/C28H31ClO/c1-19(2)23-15-24(20(3)4)17-25(16-23)27(21-9-7-6-8-10-21)18-28(29)22-11-13-26(30-5)14-12-22/h6-20,27H,1-5H3. The van der Waals surface area contributed by atoms with Gasteiger partial charge in [0.05, 0.1) is 7.11 Å². The van der Waals surface area contributed by atoms with Gasteiger partial charge in [-0.15, -0.1) is 0 Å². The van der Waals surface area contributed by atoms with Crippen LogP contribution in [-0.4, -0.2) is 7.11 Å². The van der Waals surface area contributed by atoms with Crippen molar-refractivity contribution >= 4 is 16.6 Å². The second-order valence-corrected chi connectivity index (χ2v) is 8.78. The average Bonchev–Trinajstić information content (AvgIpc) is 2.77. The van der Waals surface area contributed by atoms with Crippen LogP contribution in [0.3, 0.4) is 0 Å². The first-order valence-corrected chi connectivity index (χ1v) is 11.0. The maximum absolute atomic E-state index is 6.82. The van der Waals surface area contributed by atoms with Crippen molar-refractivity contribution in [2.45, 2.75) is 45.4 Å². The molecule has 0 fully saturated rings. The van der Waals surface area contributed by atoms with Gasteiger partial charge in [-0.3, -0.25) is 0 Å². The van der Waals surface area contributed by atoms with E-state index in [4.69, 9.17) is 16.3 Å². The number of benzene rings is 3. The minimum absolute atomic E-state index is 0.0806. The highest BCUT2D eigenvalue weighted by Crippen LogP contribution is 2.35. The van der Waals surface area contributed by atoms with E-state index < -0.39 is 0 Å². The summed E-state index contributed by atoms with van der Waals surface area (Å²) < 4.78 is 5.28. The van der Waals surface area contributed by atoms with E-state index in [1.165, 1.54) is 22.3 Å². The number of methoxy groups -OCH3 is 1. The van der Waals surface area contributed by atoms with Crippen LogP contribution in [0, 0.1) is 0 Å². The Morgan fingerprint density at radius 2 is 1.27 bits per heavy atom. The number of ether oxygens (including phenoxy) is 1. The van der Waals surface area contributed by atoms with Crippen LogP contribution in [0.4, 0.5) is 0 Å². The summed E-state index contributed by atoms with van der Waals surface area (Å²) in [6.45, 7) is 9.00. The first kappa shape index (κ1) is 22.2. The molecule has 0 aliphatic rings. The van der Waals surface area contributed by atoms with E-state index in [1.807, 2.05) is 24.3 Å². The molecule has 0 N–H and O–H groups in total. The monoisotopic (exact) mass is 418 g/mol. The Kier molecular flexibility index (Phi) is 7.39. The van der Waals surface area contributed by atoms with Crippen LogP contribution in [0.1, 0.15) is 73.3 Å². The summed E-state index contributed by atoms with van der Waals surface area (Å²) in [4.78, 5) is 0. The van der Waals surface area contributed by atoms with Crippen LogP contribution < -0.4 is 4.74 Å². The summed E-state index contributed by atoms with van der Waals surface area (Å²) in [5, 5.41) is 0.743. The van der Waals surface area contributed by atoms with Crippen LogP contribution in [0.5, 0.6) is 5.75 Å². The fourth-order valence-electron chi connectivity index (χ4n) is 3.59. The van der Waals surface area contributed by atoms with Gasteiger partial charge in [-0.25, -0.2) is 0 Å². The Labute approximate surface area is 186 Å². The second-order valence-electron chi connectivity index (χ2n) is 8.37. The van der Waals surface area contributed by atoms with E-state index in [-0.39, 0.29) is 5.92 Å². The Morgan fingerprint density at radius 1 is 0.733 bits per heavy atom. The third-order valence-corrected chi connectivity index (χ3v) is 5.87. The second kappa shape index (κ2) is 10.00. The molecule has 0 aliphatic carbocycles. The molecule has 2 heteroatoms. The largest absolute Gasteiger partial charge is 0.497 e. The van der Waals surface area contributed by atoms with Gasteiger partial charge in [-0.1, -0.05) is 93.9 Å². The average molecular weight is 419 g/mol. The number of halogens is 1.